The molecule has 1 fully saturated rings. The van der Waals surface area contributed by atoms with Gasteiger partial charge in [0.2, 0.25) is 0 Å². The van der Waals surface area contributed by atoms with E-state index >= 15 is 0 Å². The van der Waals surface area contributed by atoms with E-state index in [4.69, 9.17) is 14.6 Å². The lowest BCUT2D eigenvalue weighted by Gasteiger charge is -2.37. The molecule has 1 saturated heterocycles. The number of piperidine rings is 1. The number of carbonyl (C=O) groups excluding carboxylic acids is 1. The van der Waals surface area contributed by atoms with Gasteiger partial charge in [-0.05, 0) is 38.4 Å². The third-order valence-corrected chi connectivity index (χ3v) is 5.01. The molecule has 1 N–H and O–H groups in total. The fourth-order valence-corrected chi connectivity index (χ4v) is 3.50. The van der Waals surface area contributed by atoms with Gasteiger partial charge in [0.15, 0.2) is 0 Å². The molecular weight excluding hydrogens is 336 g/mol. The Bertz CT molecular complexity index is 628. The number of carboxylic acids is 1. The van der Waals surface area contributed by atoms with Gasteiger partial charge in [0, 0.05) is 30.3 Å². The molecule has 0 bridgehead atoms. The molecule has 0 radical (unpaired) electrons. The maximum Gasteiger partial charge on any atom is 0.317 e. The maximum absolute atomic E-state index is 12.9. The standard InChI is InChI=1S/C19H28N2O5/c1-5-20(12-18(22)23)15-6-8-21(9-7-15)19(24)14-10-16(25-3)13(2)17(11-14)26-4/h10-11,15H,5-9,12H2,1-4H3,(H,22,23). The van der Waals surface area contributed by atoms with Crippen LogP contribution in [0.3, 0.4) is 0 Å². The molecule has 1 aliphatic heterocycles. The summed E-state index contributed by atoms with van der Waals surface area (Å²) in [5, 5.41) is 9.03. The van der Waals surface area contributed by atoms with Crippen molar-refractivity contribution in [1.29, 1.82) is 0 Å². The normalized spacial score (nSPS) is 15.2. The van der Waals surface area contributed by atoms with Crippen LogP contribution in [0.1, 0.15) is 35.7 Å². The van der Waals surface area contributed by atoms with Crippen molar-refractivity contribution in [1.82, 2.24) is 9.80 Å². The largest absolute Gasteiger partial charge is 0.496 e. The third-order valence-electron chi connectivity index (χ3n) is 5.01. The van der Waals surface area contributed by atoms with Crippen molar-refractivity contribution in [3.8, 4) is 11.5 Å². The van der Waals surface area contributed by atoms with Crippen molar-refractivity contribution in [2.45, 2.75) is 32.7 Å². The minimum absolute atomic E-state index is 0.0431. The lowest BCUT2D eigenvalue weighted by molar-refractivity contribution is -0.139. The van der Waals surface area contributed by atoms with Crippen LogP contribution in [0.4, 0.5) is 0 Å². The Balaban J connectivity index is 2.07. The van der Waals surface area contributed by atoms with Gasteiger partial charge in [-0.3, -0.25) is 14.5 Å². The van der Waals surface area contributed by atoms with Crippen LogP contribution in [-0.2, 0) is 4.79 Å². The fraction of sp³-hybridized carbons (Fsp3) is 0.579. The van der Waals surface area contributed by atoms with Gasteiger partial charge in [0.1, 0.15) is 11.5 Å². The number of likely N-dealkylation sites (N-methyl/N-ethyl adjacent to an activating group) is 1. The number of nitrogens with zero attached hydrogens (tertiary/aromatic N) is 2. The van der Waals surface area contributed by atoms with Crippen LogP contribution in [0.2, 0.25) is 0 Å². The SMILES string of the molecule is CCN(CC(=O)O)C1CCN(C(=O)c2cc(OC)c(C)c(OC)c2)CC1. The van der Waals surface area contributed by atoms with Crippen molar-refractivity contribution < 1.29 is 24.2 Å². The molecule has 0 aliphatic carbocycles. The number of aliphatic carboxylic acids is 1. The van der Waals surface area contributed by atoms with Gasteiger partial charge < -0.3 is 19.5 Å². The quantitative estimate of drug-likeness (QED) is 0.797. The van der Waals surface area contributed by atoms with Crippen LogP contribution < -0.4 is 9.47 Å². The molecule has 0 spiro atoms. The lowest BCUT2D eigenvalue weighted by atomic mass is 10.0. The molecule has 0 saturated carbocycles. The van der Waals surface area contributed by atoms with Gasteiger partial charge in [-0.25, -0.2) is 0 Å². The molecule has 1 aromatic carbocycles. The summed E-state index contributed by atoms with van der Waals surface area (Å²) in [6, 6.07) is 3.69. The first-order valence-corrected chi connectivity index (χ1v) is 8.89. The van der Waals surface area contributed by atoms with Gasteiger partial charge in [0.25, 0.3) is 5.91 Å². The van der Waals surface area contributed by atoms with Crippen molar-refractivity contribution >= 4 is 11.9 Å². The zero-order valence-corrected chi connectivity index (χ0v) is 15.9. The van der Waals surface area contributed by atoms with Gasteiger partial charge in [-0.2, -0.15) is 0 Å². The van der Waals surface area contributed by atoms with Crippen LogP contribution in [0, 0.1) is 6.92 Å². The highest BCUT2D eigenvalue weighted by atomic mass is 16.5. The first kappa shape index (κ1) is 20.0. The van der Waals surface area contributed by atoms with Crippen LogP contribution in [0.15, 0.2) is 12.1 Å². The van der Waals surface area contributed by atoms with Crippen LogP contribution in [-0.4, -0.2) is 73.2 Å². The summed E-state index contributed by atoms with van der Waals surface area (Å²) in [6.45, 7) is 5.81. The minimum atomic E-state index is -0.816. The molecule has 7 nitrogen and oxygen atoms in total. The number of benzene rings is 1. The summed E-state index contributed by atoms with van der Waals surface area (Å²) in [4.78, 5) is 27.6. The van der Waals surface area contributed by atoms with Gasteiger partial charge in [-0.15, -0.1) is 0 Å². The van der Waals surface area contributed by atoms with Crippen molar-refractivity contribution in [3.05, 3.63) is 23.3 Å². The molecule has 0 atom stereocenters. The molecule has 1 aliphatic rings. The number of ether oxygens (including phenoxy) is 2. The van der Waals surface area contributed by atoms with Crippen LogP contribution >= 0.6 is 0 Å². The summed E-state index contributed by atoms with van der Waals surface area (Å²) in [5.74, 6) is 0.382. The molecule has 1 heterocycles. The number of likely N-dealkylation sites (tertiary alicyclic amines) is 1. The zero-order chi connectivity index (χ0) is 19.3. The second kappa shape index (κ2) is 8.89. The van der Waals surface area contributed by atoms with Crippen molar-refractivity contribution in [2.24, 2.45) is 0 Å². The van der Waals surface area contributed by atoms with E-state index < -0.39 is 5.97 Å². The molecule has 1 amide bonds. The Labute approximate surface area is 154 Å². The highest BCUT2D eigenvalue weighted by Crippen LogP contribution is 2.30. The average Bonchev–Trinajstić information content (AvgIpc) is 2.65. The van der Waals surface area contributed by atoms with Gasteiger partial charge in [0.05, 0.1) is 20.8 Å². The number of amides is 1. The van der Waals surface area contributed by atoms with E-state index in [2.05, 4.69) is 0 Å². The topological polar surface area (TPSA) is 79.3 Å². The Morgan fingerprint density at radius 1 is 1.19 bits per heavy atom. The Hall–Kier alpha value is -2.28. The Morgan fingerprint density at radius 2 is 1.73 bits per heavy atom. The first-order chi connectivity index (χ1) is 12.4. The first-order valence-electron chi connectivity index (χ1n) is 8.89. The molecule has 7 heteroatoms. The maximum atomic E-state index is 12.9. The highest BCUT2D eigenvalue weighted by molar-refractivity contribution is 5.95. The van der Waals surface area contributed by atoms with E-state index in [1.54, 1.807) is 26.4 Å². The number of methoxy groups -OCH3 is 2. The summed E-state index contributed by atoms with van der Waals surface area (Å²) in [7, 11) is 3.15. The van der Waals surface area contributed by atoms with Crippen molar-refractivity contribution in [2.75, 3.05) is 40.4 Å². The number of carbonyl (C=O) groups is 2. The zero-order valence-electron chi connectivity index (χ0n) is 15.9. The Kier molecular flexibility index (Phi) is 6.85. The molecule has 0 unspecified atom stereocenters. The predicted octanol–water partition coefficient (Wildman–Crippen LogP) is 2.02. The van der Waals surface area contributed by atoms with Crippen molar-refractivity contribution in [3.63, 3.8) is 0 Å². The summed E-state index contributed by atoms with van der Waals surface area (Å²) >= 11 is 0. The highest BCUT2D eigenvalue weighted by Gasteiger charge is 2.28. The molecule has 144 valence electrons. The van der Waals surface area contributed by atoms with E-state index in [0.717, 1.165) is 18.4 Å². The molecular formula is C19H28N2O5. The summed E-state index contributed by atoms with van der Waals surface area (Å²) < 4.78 is 10.7. The van der Waals surface area contributed by atoms with E-state index in [9.17, 15) is 9.59 Å². The van der Waals surface area contributed by atoms with E-state index in [1.165, 1.54) is 0 Å². The third kappa shape index (κ3) is 4.46. The average molecular weight is 364 g/mol. The minimum Gasteiger partial charge on any atom is -0.496 e. The monoisotopic (exact) mass is 364 g/mol. The number of rotatable bonds is 7. The van der Waals surface area contributed by atoms with Crippen LogP contribution in [0.25, 0.3) is 0 Å². The molecule has 26 heavy (non-hydrogen) atoms. The predicted molar refractivity (Wildman–Crippen MR) is 98.1 cm³/mol. The fourth-order valence-electron chi connectivity index (χ4n) is 3.50. The van der Waals surface area contributed by atoms with E-state index in [1.807, 2.05) is 23.6 Å². The number of hydrogen-bond donors (Lipinski definition) is 1. The molecule has 1 aromatic rings. The van der Waals surface area contributed by atoms with E-state index in [-0.39, 0.29) is 18.5 Å². The van der Waals surface area contributed by atoms with Gasteiger partial charge in [-0.1, -0.05) is 6.92 Å². The van der Waals surface area contributed by atoms with Crippen LogP contribution in [0.5, 0.6) is 11.5 Å². The second-order valence-electron chi connectivity index (χ2n) is 6.49. The van der Waals surface area contributed by atoms with Gasteiger partial charge >= 0.3 is 5.97 Å². The number of hydrogen-bond acceptors (Lipinski definition) is 5. The summed E-state index contributed by atoms with van der Waals surface area (Å²) in [6.07, 6.45) is 1.54. The molecule has 2 rings (SSSR count). The molecule has 0 aromatic heterocycles. The smallest absolute Gasteiger partial charge is 0.317 e. The number of carboxylic acid groups (broad SMARTS) is 1. The Morgan fingerprint density at radius 3 is 2.15 bits per heavy atom. The van der Waals surface area contributed by atoms with E-state index in [0.29, 0.717) is 36.7 Å². The summed E-state index contributed by atoms with van der Waals surface area (Å²) in [5.41, 5.74) is 1.40. The lowest BCUT2D eigenvalue weighted by Crippen LogP contribution is -2.48. The second-order valence-corrected chi connectivity index (χ2v) is 6.49.